The third-order valence-electron chi connectivity index (χ3n) is 3.44. The summed E-state index contributed by atoms with van der Waals surface area (Å²) in [5, 5.41) is 7.88. The van der Waals surface area contributed by atoms with E-state index in [0.717, 1.165) is 19.0 Å². The Bertz CT molecular complexity index is 345. The van der Waals surface area contributed by atoms with Crippen LogP contribution in [0.3, 0.4) is 0 Å². The Morgan fingerprint density at radius 1 is 1.53 bits per heavy atom. The maximum Gasteiger partial charge on any atom is 0.0534 e. The highest BCUT2D eigenvalue weighted by atomic mass is 15.3. The van der Waals surface area contributed by atoms with Gasteiger partial charge in [0.1, 0.15) is 0 Å². The van der Waals surface area contributed by atoms with E-state index in [0.29, 0.717) is 6.04 Å². The molecule has 2 heterocycles. The molecule has 1 fully saturated rings. The summed E-state index contributed by atoms with van der Waals surface area (Å²) in [6.07, 6.45) is 5.43. The van der Waals surface area contributed by atoms with Gasteiger partial charge in [-0.25, -0.2) is 0 Å². The number of likely N-dealkylation sites (tertiary alicyclic amines) is 1. The van der Waals surface area contributed by atoms with Crippen molar-refractivity contribution < 1.29 is 0 Å². The average Bonchev–Trinajstić information content (AvgIpc) is 2.88. The van der Waals surface area contributed by atoms with Crippen LogP contribution < -0.4 is 5.32 Å². The Labute approximate surface area is 104 Å². The molecular formula is C13H24N4. The zero-order chi connectivity index (χ0) is 12.3. The minimum absolute atomic E-state index is 0.451. The van der Waals surface area contributed by atoms with Gasteiger partial charge in [-0.05, 0) is 46.3 Å². The van der Waals surface area contributed by atoms with Crippen LogP contribution in [0.4, 0.5) is 0 Å². The van der Waals surface area contributed by atoms with Gasteiger partial charge < -0.3 is 10.2 Å². The number of hydrogen-bond donors (Lipinski definition) is 1. The molecule has 0 radical (unpaired) electrons. The lowest BCUT2D eigenvalue weighted by atomic mass is 10.1. The van der Waals surface area contributed by atoms with Crippen LogP contribution in [0.25, 0.3) is 0 Å². The highest BCUT2D eigenvalue weighted by molar-refractivity contribution is 5.03. The zero-order valence-electron chi connectivity index (χ0n) is 11.2. The first-order valence-electron chi connectivity index (χ1n) is 6.57. The van der Waals surface area contributed by atoms with E-state index < -0.39 is 0 Å². The Balaban J connectivity index is 1.70. The number of nitrogens with one attached hydrogen (secondary N) is 1. The van der Waals surface area contributed by atoms with Crippen LogP contribution >= 0.6 is 0 Å². The first-order chi connectivity index (χ1) is 8.15. The summed E-state index contributed by atoms with van der Waals surface area (Å²) in [7, 11) is 2.20. The Morgan fingerprint density at radius 3 is 2.94 bits per heavy atom. The zero-order valence-corrected chi connectivity index (χ0v) is 11.2. The molecule has 0 amide bonds. The summed E-state index contributed by atoms with van der Waals surface area (Å²) in [5.41, 5.74) is 1.28. The van der Waals surface area contributed by atoms with E-state index in [1.807, 2.05) is 10.9 Å². The molecule has 1 saturated heterocycles. The highest BCUT2D eigenvalue weighted by Crippen LogP contribution is 2.13. The normalized spacial score (nSPS) is 21.5. The van der Waals surface area contributed by atoms with Crippen molar-refractivity contribution in [2.45, 2.75) is 32.9 Å². The van der Waals surface area contributed by atoms with E-state index >= 15 is 0 Å². The SMILES string of the molecule is CC(C)n1cc(CNCC2CCN(C)C2)cn1. The molecule has 0 saturated carbocycles. The fraction of sp³-hybridized carbons (Fsp3) is 0.769. The number of hydrogen-bond acceptors (Lipinski definition) is 3. The van der Waals surface area contributed by atoms with Crippen molar-refractivity contribution in [2.24, 2.45) is 5.92 Å². The summed E-state index contributed by atoms with van der Waals surface area (Å²) < 4.78 is 2.01. The standard InChI is InChI=1S/C13H24N4/c1-11(2)17-10-13(8-15-17)7-14-6-12-4-5-16(3)9-12/h8,10-12,14H,4-7,9H2,1-3H3. The van der Waals surface area contributed by atoms with Gasteiger partial charge in [-0.1, -0.05) is 0 Å². The molecule has 0 aliphatic carbocycles. The molecular weight excluding hydrogens is 212 g/mol. The molecule has 0 aromatic carbocycles. The summed E-state index contributed by atoms with van der Waals surface area (Å²) >= 11 is 0. The predicted molar refractivity (Wildman–Crippen MR) is 69.9 cm³/mol. The second-order valence-corrected chi connectivity index (χ2v) is 5.47. The molecule has 2 rings (SSSR count). The van der Waals surface area contributed by atoms with Gasteiger partial charge in [0.25, 0.3) is 0 Å². The van der Waals surface area contributed by atoms with Gasteiger partial charge >= 0.3 is 0 Å². The largest absolute Gasteiger partial charge is 0.312 e. The molecule has 1 atom stereocenters. The van der Waals surface area contributed by atoms with E-state index in [1.54, 1.807) is 0 Å². The van der Waals surface area contributed by atoms with Crippen molar-refractivity contribution in [3.8, 4) is 0 Å². The first kappa shape index (κ1) is 12.6. The van der Waals surface area contributed by atoms with Crippen LogP contribution in [0, 0.1) is 5.92 Å². The van der Waals surface area contributed by atoms with Crippen LogP contribution in [-0.4, -0.2) is 41.4 Å². The van der Waals surface area contributed by atoms with Gasteiger partial charge in [-0.15, -0.1) is 0 Å². The van der Waals surface area contributed by atoms with Gasteiger partial charge in [0.15, 0.2) is 0 Å². The quantitative estimate of drug-likeness (QED) is 0.841. The third kappa shape index (κ3) is 3.54. The van der Waals surface area contributed by atoms with Crippen molar-refractivity contribution >= 4 is 0 Å². The first-order valence-corrected chi connectivity index (χ1v) is 6.57. The fourth-order valence-corrected chi connectivity index (χ4v) is 2.36. The van der Waals surface area contributed by atoms with Crippen LogP contribution in [0.15, 0.2) is 12.4 Å². The summed E-state index contributed by atoms with van der Waals surface area (Å²) in [5.74, 6) is 0.820. The van der Waals surface area contributed by atoms with E-state index in [4.69, 9.17) is 0 Å². The van der Waals surface area contributed by atoms with Gasteiger partial charge in [-0.3, -0.25) is 4.68 Å². The van der Waals surface area contributed by atoms with Gasteiger partial charge in [0.2, 0.25) is 0 Å². The van der Waals surface area contributed by atoms with Crippen LogP contribution in [0.2, 0.25) is 0 Å². The second kappa shape index (κ2) is 5.65. The number of aromatic nitrogens is 2. The second-order valence-electron chi connectivity index (χ2n) is 5.47. The van der Waals surface area contributed by atoms with E-state index in [2.05, 4.69) is 42.4 Å². The number of nitrogens with zero attached hydrogens (tertiary/aromatic N) is 3. The van der Waals surface area contributed by atoms with Gasteiger partial charge in [0.05, 0.1) is 6.20 Å². The Kier molecular flexibility index (Phi) is 4.18. The van der Waals surface area contributed by atoms with Crippen molar-refractivity contribution in [3.63, 3.8) is 0 Å². The fourth-order valence-electron chi connectivity index (χ4n) is 2.36. The third-order valence-corrected chi connectivity index (χ3v) is 3.44. The minimum atomic E-state index is 0.451. The monoisotopic (exact) mass is 236 g/mol. The topological polar surface area (TPSA) is 33.1 Å². The molecule has 1 unspecified atom stereocenters. The molecule has 96 valence electrons. The molecule has 1 aliphatic rings. The molecule has 4 nitrogen and oxygen atoms in total. The number of rotatable bonds is 5. The van der Waals surface area contributed by atoms with E-state index in [9.17, 15) is 0 Å². The van der Waals surface area contributed by atoms with E-state index in [1.165, 1.54) is 25.1 Å². The Hall–Kier alpha value is -0.870. The lowest BCUT2D eigenvalue weighted by Gasteiger charge is -2.10. The lowest BCUT2D eigenvalue weighted by molar-refractivity contribution is 0.388. The predicted octanol–water partition coefficient (Wildman–Crippen LogP) is 1.51. The Morgan fingerprint density at radius 2 is 2.35 bits per heavy atom. The van der Waals surface area contributed by atoms with Crippen molar-refractivity contribution in [2.75, 3.05) is 26.7 Å². The molecule has 0 bridgehead atoms. The van der Waals surface area contributed by atoms with Crippen LogP contribution in [-0.2, 0) is 6.54 Å². The van der Waals surface area contributed by atoms with E-state index in [-0.39, 0.29) is 0 Å². The molecule has 1 N–H and O–H groups in total. The van der Waals surface area contributed by atoms with Crippen molar-refractivity contribution in [1.82, 2.24) is 20.0 Å². The molecule has 4 heteroatoms. The lowest BCUT2D eigenvalue weighted by Crippen LogP contribution is -2.24. The highest BCUT2D eigenvalue weighted by Gasteiger charge is 2.18. The smallest absolute Gasteiger partial charge is 0.0534 e. The van der Waals surface area contributed by atoms with Crippen LogP contribution in [0.5, 0.6) is 0 Å². The van der Waals surface area contributed by atoms with Crippen molar-refractivity contribution in [3.05, 3.63) is 18.0 Å². The maximum atomic E-state index is 4.35. The van der Waals surface area contributed by atoms with Crippen molar-refractivity contribution in [1.29, 1.82) is 0 Å². The maximum absolute atomic E-state index is 4.35. The molecule has 1 aliphatic heterocycles. The molecule has 17 heavy (non-hydrogen) atoms. The molecule has 1 aromatic heterocycles. The molecule has 0 spiro atoms. The average molecular weight is 236 g/mol. The van der Waals surface area contributed by atoms with Gasteiger partial charge in [-0.2, -0.15) is 5.10 Å². The molecule has 1 aromatic rings. The van der Waals surface area contributed by atoms with Crippen LogP contribution in [0.1, 0.15) is 31.9 Å². The summed E-state index contributed by atoms with van der Waals surface area (Å²) in [6, 6.07) is 0.451. The summed E-state index contributed by atoms with van der Waals surface area (Å²) in [6.45, 7) is 8.84. The van der Waals surface area contributed by atoms with Gasteiger partial charge in [0, 0.05) is 30.9 Å². The minimum Gasteiger partial charge on any atom is -0.312 e. The summed E-state index contributed by atoms with van der Waals surface area (Å²) in [4.78, 5) is 2.41.